The van der Waals surface area contributed by atoms with Crippen molar-refractivity contribution in [1.82, 2.24) is 10.2 Å². The van der Waals surface area contributed by atoms with Gasteiger partial charge in [0.05, 0.1) is 20.6 Å². The van der Waals surface area contributed by atoms with E-state index < -0.39 is 34.1 Å². The normalized spacial score (nSPS) is 12.3. The number of aryl methyl sites for hydroxylation is 1. The van der Waals surface area contributed by atoms with Crippen LogP contribution in [0.1, 0.15) is 37.5 Å². The van der Waals surface area contributed by atoms with Crippen molar-refractivity contribution in [3.8, 4) is 0 Å². The molecule has 0 heterocycles. The highest BCUT2D eigenvalue weighted by Crippen LogP contribution is 2.36. The Hall–Kier alpha value is -3.56. The lowest BCUT2D eigenvalue weighted by atomic mass is 10.0. The molecular formula is C35H36Cl3N3O4S. The van der Waals surface area contributed by atoms with Gasteiger partial charge in [0, 0.05) is 23.5 Å². The van der Waals surface area contributed by atoms with Crippen molar-refractivity contribution in [1.29, 1.82) is 0 Å². The highest BCUT2D eigenvalue weighted by molar-refractivity contribution is 7.92. The van der Waals surface area contributed by atoms with E-state index in [-0.39, 0.29) is 39.5 Å². The summed E-state index contributed by atoms with van der Waals surface area (Å²) in [5.74, 6) is -1.00. The number of amides is 2. The van der Waals surface area contributed by atoms with E-state index in [1.54, 1.807) is 42.5 Å². The van der Waals surface area contributed by atoms with Crippen molar-refractivity contribution in [3.63, 3.8) is 0 Å². The van der Waals surface area contributed by atoms with E-state index in [9.17, 15) is 18.0 Å². The van der Waals surface area contributed by atoms with Crippen LogP contribution in [-0.2, 0) is 32.6 Å². The van der Waals surface area contributed by atoms with Gasteiger partial charge in [-0.15, -0.1) is 0 Å². The number of rotatable bonds is 11. The van der Waals surface area contributed by atoms with E-state index in [0.29, 0.717) is 10.6 Å². The molecule has 46 heavy (non-hydrogen) atoms. The maximum atomic E-state index is 14.6. The van der Waals surface area contributed by atoms with Crippen LogP contribution in [0.4, 0.5) is 5.69 Å². The van der Waals surface area contributed by atoms with Gasteiger partial charge in [0.1, 0.15) is 12.6 Å². The predicted molar refractivity (Wildman–Crippen MR) is 186 cm³/mol. The van der Waals surface area contributed by atoms with Crippen LogP contribution in [0.15, 0.2) is 102 Å². The molecule has 0 aliphatic heterocycles. The number of sulfonamides is 1. The number of carbonyl (C=O) groups excluding carboxylic acids is 2. The van der Waals surface area contributed by atoms with Crippen molar-refractivity contribution >= 4 is 62.3 Å². The first-order chi connectivity index (χ1) is 21.7. The molecule has 0 saturated carbocycles. The first kappa shape index (κ1) is 35.3. The highest BCUT2D eigenvalue weighted by Gasteiger charge is 2.36. The SMILES string of the molecule is Cc1ccc(S(=O)(=O)N(CC(=O)N(Cc2ccc(Cl)cc2)[C@H](Cc2ccccc2)C(=O)NC(C)(C)C)c2cccc(Cl)c2Cl)cc1. The van der Waals surface area contributed by atoms with E-state index in [1.807, 2.05) is 58.0 Å². The Morgan fingerprint density at radius 1 is 0.804 bits per heavy atom. The second-order valence-electron chi connectivity index (χ2n) is 12.0. The lowest BCUT2D eigenvalue weighted by Gasteiger charge is -2.35. The van der Waals surface area contributed by atoms with E-state index >= 15 is 0 Å². The van der Waals surface area contributed by atoms with Crippen molar-refractivity contribution < 1.29 is 18.0 Å². The first-order valence-electron chi connectivity index (χ1n) is 14.6. The van der Waals surface area contributed by atoms with Crippen molar-refractivity contribution in [3.05, 3.63) is 129 Å². The smallest absolute Gasteiger partial charge is 0.264 e. The summed E-state index contributed by atoms with van der Waals surface area (Å²) in [5.41, 5.74) is 1.83. The fourth-order valence-electron chi connectivity index (χ4n) is 4.83. The largest absolute Gasteiger partial charge is 0.350 e. The standard InChI is InChI=1S/C35H36Cl3N3O4S/c1-24-13-19-28(20-14-24)46(44,45)41(30-12-8-11-29(37)33(30)38)23-32(42)40(22-26-15-17-27(36)18-16-26)31(34(43)39-35(2,3)4)21-25-9-6-5-7-10-25/h5-20,31H,21-23H2,1-4H3,(H,39,43)/t31-/m1/s1. The number of carbonyl (C=O) groups is 2. The second kappa shape index (κ2) is 14.9. The molecule has 11 heteroatoms. The first-order valence-corrected chi connectivity index (χ1v) is 17.2. The molecule has 0 fully saturated rings. The molecular weight excluding hydrogens is 665 g/mol. The third-order valence-corrected chi connectivity index (χ3v) is 9.96. The molecule has 0 bridgehead atoms. The Labute approximate surface area is 286 Å². The average molecular weight is 701 g/mol. The van der Waals surface area contributed by atoms with E-state index in [2.05, 4.69) is 5.32 Å². The van der Waals surface area contributed by atoms with Gasteiger partial charge in [-0.2, -0.15) is 0 Å². The number of halogens is 3. The molecule has 4 aromatic carbocycles. The number of hydrogen-bond donors (Lipinski definition) is 1. The van der Waals surface area contributed by atoms with Crippen molar-refractivity contribution in [2.24, 2.45) is 0 Å². The Balaban J connectivity index is 1.84. The van der Waals surface area contributed by atoms with Gasteiger partial charge in [-0.1, -0.05) is 101 Å². The Bertz CT molecular complexity index is 1780. The van der Waals surface area contributed by atoms with Crippen molar-refractivity contribution in [2.75, 3.05) is 10.8 Å². The summed E-state index contributed by atoms with van der Waals surface area (Å²) in [6.45, 7) is 6.76. The number of anilines is 1. The molecule has 0 spiro atoms. The molecule has 0 aliphatic carbocycles. The fourth-order valence-corrected chi connectivity index (χ4v) is 6.83. The van der Waals surface area contributed by atoms with Crippen LogP contribution in [0.2, 0.25) is 15.1 Å². The number of nitrogens with one attached hydrogen (secondary N) is 1. The number of nitrogens with zero attached hydrogens (tertiary/aromatic N) is 2. The van der Waals surface area contributed by atoms with Gasteiger partial charge >= 0.3 is 0 Å². The lowest BCUT2D eigenvalue weighted by molar-refractivity contribution is -0.140. The van der Waals surface area contributed by atoms with Gasteiger partial charge < -0.3 is 10.2 Å². The van der Waals surface area contributed by atoms with Gasteiger partial charge in [-0.3, -0.25) is 13.9 Å². The maximum Gasteiger partial charge on any atom is 0.264 e. The Morgan fingerprint density at radius 2 is 1.43 bits per heavy atom. The number of hydrogen-bond acceptors (Lipinski definition) is 4. The molecule has 0 aromatic heterocycles. The summed E-state index contributed by atoms with van der Waals surface area (Å²) in [6, 6.07) is 26.1. The highest BCUT2D eigenvalue weighted by atomic mass is 35.5. The topological polar surface area (TPSA) is 86.8 Å². The molecule has 1 N–H and O–H groups in total. The Kier molecular flexibility index (Phi) is 11.4. The molecule has 242 valence electrons. The van der Waals surface area contributed by atoms with Gasteiger partial charge in [-0.25, -0.2) is 8.42 Å². The van der Waals surface area contributed by atoms with Crippen molar-refractivity contribution in [2.45, 2.75) is 57.1 Å². The summed E-state index contributed by atoms with van der Waals surface area (Å²) in [4.78, 5) is 29.9. The fraction of sp³-hybridized carbons (Fsp3) is 0.257. The quantitative estimate of drug-likeness (QED) is 0.174. The molecule has 0 radical (unpaired) electrons. The van der Waals surface area contributed by atoms with E-state index in [1.165, 1.54) is 29.2 Å². The summed E-state index contributed by atoms with van der Waals surface area (Å²) in [6.07, 6.45) is 0.185. The zero-order chi connectivity index (χ0) is 33.6. The summed E-state index contributed by atoms with van der Waals surface area (Å²) >= 11 is 19.0. The van der Waals surface area contributed by atoms with Crippen LogP contribution in [0.3, 0.4) is 0 Å². The minimum Gasteiger partial charge on any atom is -0.350 e. The molecule has 4 rings (SSSR count). The van der Waals surface area contributed by atoms with E-state index in [4.69, 9.17) is 34.8 Å². The maximum absolute atomic E-state index is 14.6. The van der Waals surface area contributed by atoms with Gasteiger partial charge in [-0.05, 0) is 75.2 Å². The zero-order valence-corrected chi connectivity index (χ0v) is 29.1. The lowest BCUT2D eigenvalue weighted by Crippen LogP contribution is -2.56. The van der Waals surface area contributed by atoms with E-state index in [0.717, 1.165) is 15.4 Å². The van der Waals surface area contributed by atoms with Gasteiger partial charge in [0.2, 0.25) is 11.8 Å². The molecule has 7 nitrogen and oxygen atoms in total. The minimum absolute atomic E-state index is 0.00671. The molecule has 4 aromatic rings. The van der Waals surface area contributed by atoms with Crippen LogP contribution < -0.4 is 9.62 Å². The third kappa shape index (κ3) is 9.04. The van der Waals surface area contributed by atoms with Crippen LogP contribution in [-0.4, -0.2) is 43.3 Å². The summed E-state index contributed by atoms with van der Waals surface area (Å²) in [5, 5.41) is 3.62. The number of benzene rings is 4. The second-order valence-corrected chi connectivity index (χ2v) is 15.1. The predicted octanol–water partition coefficient (Wildman–Crippen LogP) is 7.71. The molecule has 0 aliphatic rings. The molecule has 2 amide bonds. The monoisotopic (exact) mass is 699 g/mol. The molecule has 0 saturated heterocycles. The Morgan fingerprint density at radius 3 is 2.04 bits per heavy atom. The molecule has 0 unspecified atom stereocenters. The summed E-state index contributed by atoms with van der Waals surface area (Å²) in [7, 11) is -4.33. The third-order valence-electron chi connectivity index (χ3n) is 7.12. The van der Waals surface area contributed by atoms with Crippen LogP contribution in [0.25, 0.3) is 0 Å². The minimum atomic E-state index is -4.33. The van der Waals surface area contributed by atoms with Crippen LogP contribution >= 0.6 is 34.8 Å². The van der Waals surface area contributed by atoms with Crippen LogP contribution in [0, 0.1) is 6.92 Å². The van der Waals surface area contributed by atoms with Gasteiger partial charge in [0.25, 0.3) is 10.0 Å². The average Bonchev–Trinajstić information content (AvgIpc) is 3.00. The molecule has 1 atom stereocenters. The summed E-state index contributed by atoms with van der Waals surface area (Å²) < 4.78 is 29.4. The zero-order valence-electron chi connectivity index (χ0n) is 26.0. The van der Waals surface area contributed by atoms with Gasteiger partial charge in [0.15, 0.2) is 0 Å². The van der Waals surface area contributed by atoms with Crippen LogP contribution in [0.5, 0.6) is 0 Å².